The molecule has 98 valence electrons. The molecule has 1 saturated carbocycles. The molecule has 1 aromatic rings. The van der Waals surface area contributed by atoms with E-state index in [2.05, 4.69) is 5.32 Å². The van der Waals surface area contributed by atoms with E-state index in [9.17, 15) is 14.5 Å². The average molecular weight is 273 g/mol. The number of nitrogens with zero attached hydrogens (tertiary/aromatic N) is 1. The van der Waals surface area contributed by atoms with Crippen molar-refractivity contribution in [2.24, 2.45) is 5.92 Å². The van der Waals surface area contributed by atoms with E-state index in [1.54, 1.807) is 0 Å². The van der Waals surface area contributed by atoms with Gasteiger partial charge in [-0.2, -0.15) is 0 Å². The summed E-state index contributed by atoms with van der Waals surface area (Å²) in [7, 11) is 0. The zero-order chi connectivity index (χ0) is 13.1. The molecule has 0 radical (unpaired) electrons. The van der Waals surface area contributed by atoms with Crippen molar-refractivity contribution in [1.29, 1.82) is 0 Å². The first kappa shape index (κ1) is 13.1. The third-order valence-electron chi connectivity index (χ3n) is 3.33. The Kier molecular flexibility index (Phi) is 4.01. The summed E-state index contributed by atoms with van der Waals surface area (Å²) >= 11 is 5.54. The van der Waals surface area contributed by atoms with Gasteiger partial charge < -0.3 is 5.32 Å². The normalized spacial score (nSPS) is 15.2. The Morgan fingerprint density at radius 1 is 1.50 bits per heavy atom. The Hall–Kier alpha value is -1.36. The zero-order valence-corrected chi connectivity index (χ0v) is 10.5. The van der Waals surface area contributed by atoms with Gasteiger partial charge in [0.05, 0.1) is 9.95 Å². The molecule has 0 bridgehead atoms. The first-order valence-corrected chi connectivity index (χ1v) is 6.33. The Labute approximate surface area is 109 Å². The van der Waals surface area contributed by atoms with E-state index >= 15 is 0 Å². The number of halogens is 2. The largest absolute Gasteiger partial charge is 0.379 e. The summed E-state index contributed by atoms with van der Waals surface area (Å²) in [4.78, 5) is 10.3. The first-order chi connectivity index (χ1) is 8.58. The molecule has 0 spiro atoms. The monoisotopic (exact) mass is 272 g/mol. The molecule has 2 rings (SSSR count). The lowest BCUT2D eigenvalue weighted by molar-refractivity contribution is -0.384. The van der Waals surface area contributed by atoms with Gasteiger partial charge in [0.2, 0.25) is 0 Å². The van der Waals surface area contributed by atoms with Gasteiger partial charge in [0.25, 0.3) is 5.69 Å². The number of hydrogen-bond acceptors (Lipinski definition) is 3. The fourth-order valence-corrected chi connectivity index (χ4v) is 2.18. The standard InChI is InChI=1S/C12H14ClFN2O2/c13-9-6-12(16(17)18)11(7-10(9)14)15-5-4-8-2-1-3-8/h6-8,15H,1-5H2. The van der Waals surface area contributed by atoms with Crippen LogP contribution in [0.1, 0.15) is 25.7 Å². The van der Waals surface area contributed by atoms with E-state index in [1.807, 2.05) is 0 Å². The number of nitrogens with one attached hydrogen (secondary N) is 1. The van der Waals surface area contributed by atoms with Crippen LogP contribution in [0.15, 0.2) is 12.1 Å². The predicted octanol–water partition coefficient (Wildman–Crippen LogP) is 3.99. The van der Waals surface area contributed by atoms with E-state index in [4.69, 9.17) is 11.6 Å². The van der Waals surface area contributed by atoms with Crippen LogP contribution in [0, 0.1) is 21.8 Å². The van der Waals surface area contributed by atoms with Gasteiger partial charge in [-0.3, -0.25) is 10.1 Å². The fourth-order valence-electron chi connectivity index (χ4n) is 2.02. The topological polar surface area (TPSA) is 55.2 Å². The third-order valence-corrected chi connectivity index (χ3v) is 3.62. The van der Waals surface area contributed by atoms with Gasteiger partial charge in [-0.1, -0.05) is 30.9 Å². The maximum atomic E-state index is 13.3. The van der Waals surface area contributed by atoms with E-state index in [0.717, 1.165) is 18.6 Å². The van der Waals surface area contributed by atoms with Crippen LogP contribution in [0.2, 0.25) is 5.02 Å². The number of anilines is 1. The lowest BCUT2D eigenvalue weighted by atomic mass is 9.83. The van der Waals surface area contributed by atoms with Crippen molar-refractivity contribution in [2.45, 2.75) is 25.7 Å². The van der Waals surface area contributed by atoms with Gasteiger partial charge in [0.15, 0.2) is 0 Å². The molecule has 6 heteroatoms. The Balaban J connectivity index is 2.04. The van der Waals surface area contributed by atoms with Gasteiger partial charge in [0, 0.05) is 18.7 Å². The fraction of sp³-hybridized carbons (Fsp3) is 0.500. The summed E-state index contributed by atoms with van der Waals surface area (Å²) in [5, 5.41) is 13.5. The molecule has 1 aliphatic carbocycles. The number of benzene rings is 1. The highest BCUT2D eigenvalue weighted by atomic mass is 35.5. The van der Waals surface area contributed by atoms with Crippen LogP contribution < -0.4 is 5.32 Å². The highest BCUT2D eigenvalue weighted by Gasteiger charge is 2.19. The quantitative estimate of drug-likeness (QED) is 0.651. The minimum absolute atomic E-state index is 0.185. The molecule has 1 aromatic carbocycles. The molecule has 0 heterocycles. The van der Waals surface area contributed by atoms with Crippen LogP contribution in [-0.2, 0) is 0 Å². The van der Waals surface area contributed by atoms with Crippen LogP contribution in [0.4, 0.5) is 15.8 Å². The molecule has 0 unspecified atom stereocenters. The van der Waals surface area contributed by atoms with Crippen LogP contribution >= 0.6 is 11.6 Å². The molecule has 0 aliphatic heterocycles. The van der Waals surface area contributed by atoms with Crippen LogP contribution in [0.5, 0.6) is 0 Å². The number of nitro benzene ring substituents is 1. The van der Waals surface area contributed by atoms with E-state index in [0.29, 0.717) is 12.5 Å². The maximum absolute atomic E-state index is 13.3. The van der Waals surface area contributed by atoms with E-state index in [-0.39, 0.29) is 16.4 Å². The highest BCUT2D eigenvalue weighted by molar-refractivity contribution is 6.31. The van der Waals surface area contributed by atoms with Gasteiger partial charge in [-0.25, -0.2) is 4.39 Å². The summed E-state index contributed by atoms with van der Waals surface area (Å²) in [5.41, 5.74) is 0.0104. The second-order valence-electron chi connectivity index (χ2n) is 4.55. The van der Waals surface area contributed by atoms with E-state index < -0.39 is 10.7 Å². The smallest absolute Gasteiger partial charge is 0.294 e. The molecule has 1 fully saturated rings. The molecule has 1 aliphatic rings. The molecule has 0 saturated heterocycles. The van der Waals surface area contributed by atoms with Crippen molar-refractivity contribution in [1.82, 2.24) is 0 Å². The third kappa shape index (κ3) is 2.90. The Morgan fingerprint density at radius 3 is 2.78 bits per heavy atom. The minimum Gasteiger partial charge on any atom is -0.379 e. The van der Waals surface area contributed by atoms with Crippen molar-refractivity contribution in [2.75, 3.05) is 11.9 Å². The van der Waals surface area contributed by atoms with Crippen molar-refractivity contribution >= 4 is 23.0 Å². The van der Waals surface area contributed by atoms with Crippen molar-refractivity contribution in [3.8, 4) is 0 Å². The van der Waals surface area contributed by atoms with E-state index in [1.165, 1.54) is 19.3 Å². The highest BCUT2D eigenvalue weighted by Crippen LogP contribution is 2.32. The molecular formula is C12H14ClFN2O2. The predicted molar refractivity (Wildman–Crippen MR) is 68.5 cm³/mol. The SMILES string of the molecule is O=[N+]([O-])c1cc(Cl)c(F)cc1NCCC1CCC1. The Morgan fingerprint density at radius 2 is 2.22 bits per heavy atom. The van der Waals surface area contributed by atoms with Crippen molar-refractivity contribution < 1.29 is 9.31 Å². The summed E-state index contributed by atoms with van der Waals surface area (Å²) in [6.45, 7) is 0.618. The van der Waals surface area contributed by atoms with Gasteiger partial charge in [-0.05, 0) is 12.3 Å². The molecule has 0 atom stereocenters. The second kappa shape index (κ2) is 5.52. The number of rotatable bonds is 5. The average Bonchev–Trinajstić information content (AvgIpc) is 2.25. The summed E-state index contributed by atoms with van der Waals surface area (Å²) in [6, 6.07) is 2.13. The summed E-state index contributed by atoms with van der Waals surface area (Å²) in [6.07, 6.45) is 4.67. The molecule has 18 heavy (non-hydrogen) atoms. The molecular weight excluding hydrogens is 259 g/mol. The Bertz CT molecular complexity index is 464. The van der Waals surface area contributed by atoms with Crippen LogP contribution in [0.3, 0.4) is 0 Å². The molecule has 1 N–H and O–H groups in total. The van der Waals surface area contributed by atoms with Crippen LogP contribution in [0.25, 0.3) is 0 Å². The summed E-state index contributed by atoms with van der Waals surface area (Å²) < 4.78 is 13.3. The number of nitro groups is 1. The lowest BCUT2D eigenvalue weighted by Gasteiger charge is -2.25. The van der Waals surface area contributed by atoms with Gasteiger partial charge in [-0.15, -0.1) is 0 Å². The first-order valence-electron chi connectivity index (χ1n) is 5.95. The summed E-state index contributed by atoms with van der Waals surface area (Å²) in [5.74, 6) is 0.0575. The minimum atomic E-state index is -0.645. The zero-order valence-electron chi connectivity index (χ0n) is 9.79. The maximum Gasteiger partial charge on any atom is 0.294 e. The van der Waals surface area contributed by atoms with Crippen molar-refractivity contribution in [3.63, 3.8) is 0 Å². The lowest BCUT2D eigenvalue weighted by Crippen LogP contribution is -2.16. The number of hydrogen-bond donors (Lipinski definition) is 1. The van der Waals surface area contributed by atoms with Crippen LogP contribution in [-0.4, -0.2) is 11.5 Å². The second-order valence-corrected chi connectivity index (χ2v) is 4.96. The molecule has 0 amide bonds. The van der Waals surface area contributed by atoms with Gasteiger partial charge >= 0.3 is 0 Å². The van der Waals surface area contributed by atoms with Crippen molar-refractivity contribution in [3.05, 3.63) is 33.1 Å². The van der Waals surface area contributed by atoms with Gasteiger partial charge in [0.1, 0.15) is 11.5 Å². The molecule has 0 aromatic heterocycles. The molecule has 4 nitrogen and oxygen atoms in total.